The van der Waals surface area contributed by atoms with Crippen molar-refractivity contribution in [3.63, 3.8) is 0 Å². The first-order valence-corrected chi connectivity index (χ1v) is 7.44. The standard InChI is InChI=1S/C14H27N3O/c1-11-4-2-3-5-12(11)10-16-13-6-8-17(9-7-13)14(15)18/h11-13,16H,2-10H2,1H3,(H2,15,18). The molecule has 0 aromatic rings. The van der Waals surface area contributed by atoms with E-state index < -0.39 is 0 Å². The average molecular weight is 253 g/mol. The largest absolute Gasteiger partial charge is 0.351 e. The maximum Gasteiger partial charge on any atom is 0.314 e. The fourth-order valence-electron chi connectivity index (χ4n) is 3.32. The highest BCUT2D eigenvalue weighted by Gasteiger charge is 2.24. The van der Waals surface area contributed by atoms with E-state index in [0.29, 0.717) is 6.04 Å². The number of primary amides is 1. The van der Waals surface area contributed by atoms with Crippen molar-refractivity contribution >= 4 is 6.03 Å². The summed E-state index contributed by atoms with van der Waals surface area (Å²) in [5.41, 5.74) is 5.29. The summed E-state index contributed by atoms with van der Waals surface area (Å²) >= 11 is 0. The first-order chi connectivity index (χ1) is 8.66. The third-order valence-corrected chi connectivity index (χ3v) is 4.76. The maximum absolute atomic E-state index is 11.0. The zero-order chi connectivity index (χ0) is 13.0. The van der Waals surface area contributed by atoms with Gasteiger partial charge in [0.2, 0.25) is 0 Å². The normalized spacial score (nSPS) is 30.4. The molecule has 2 fully saturated rings. The van der Waals surface area contributed by atoms with Crippen molar-refractivity contribution < 1.29 is 4.79 Å². The van der Waals surface area contributed by atoms with Crippen LogP contribution in [0.5, 0.6) is 0 Å². The number of likely N-dealkylation sites (tertiary alicyclic amines) is 1. The van der Waals surface area contributed by atoms with Gasteiger partial charge in [0.15, 0.2) is 0 Å². The second kappa shape index (κ2) is 6.41. The SMILES string of the molecule is CC1CCCCC1CNC1CCN(C(N)=O)CC1. The summed E-state index contributed by atoms with van der Waals surface area (Å²) in [6, 6.07) is 0.309. The molecule has 1 saturated heterocycles. The molecule has 2 rings (SSSR count). The van der Waals surface area contributed by atoms with Gasteiger partial charge in [0.05, 0.1) is 0 Å². The predicted molar refractivity (Wildman–Crippen MR) is 73.3 cm³/mol. The van der Waals surface area contributed by atoms with Crippen molar-refractivity contribution in [3.05, 3.63) is 0 Å². The summed E-state index contributed by atoms with van der Waals surface area (Å²) in [7, 11) is 0. The van der Waals surface area contributed by atoms with Crippen LogP contribution in [0.4, 0.5) is 4.79 Å². The lowest BCUT2D eigenvalue weighted by Gasteiger charge is -2.34. The lowest BCUT2D eigenvalue weighted by atomic mass is 9.80. The Kier molecular flexibility index (Phi) is 4.87. The van der Waals surface area contributed by atoms with Gasteiger partial charge in [-0.1, -0.05) is 26.2 Å². The van der Waals surface area contributed by atoms with Crippen molar-refractivity contribution in [1.29, 1.82) is 0 Å². The monoisotopic (exact) mass is 253 g/mol. The molecule has 2 aliphatic rings. The van der Waals surface area contributed by atoms with Crippen LogP contribution in [0.3, 0.4) is 0 Å². The van der Waals surface area contributed by atoms with Crippen LogP contribution in [0.2, 0.25) is 0 Å². The molecule has 0 aromatic carbocycles. The van der Waals surface area contributed by atoms with Gasteiger partial charge in [-0.25, -0.2) is 4.79 Å². The summed E-state index contributed by atoms with van der Waals surface area (Å²) in [6.07, 6.45) is 7.68. The number of hydrogen-bond acceptors (Lipinski definition) is 2. The van der Waals surface area contributed by atoms with Crippen molar-refractivity contribution in [2.75, 3.05) is 19.6 Å². The molecule has 1 heterocycles. The molecular formula is C14H27N3O. The van der Waals surface area contributed by atoms with Crippen LogP contribution in [0.1, 0.15) is 45.4 Å². The maximum atomic E-state index is 11.0. The highest BCUT2D eigenvalue weighted by atomic mass is 16.2. The molecular weight excluding hydrogens is 226 g/mol. The van der Waals surface area contributed by atoms with Crippen LogP contribution in [-0.4, -0.2) is 36.6 Å². The summed E-state index contributed by atoms with van der Waals surface area (Å²) in [5.74, 6) is 1.73. The molecule has 2 atom stereocenters. The molecule has 104 valence electrons. The van der Waals surface area contributed by atoms with Gasteiger partial charge in [-0.15, -0.1) is 0 Å². The Morgan fingerprint density at radius 2 is 1.89 bits per heavy atom. The van der Waals surface area contributed by atoms with E-state index in [1.54, 1.807) is 4.90 Å². The van der Waals surface area contributed by atoms with E-state index in [4.69, 9.17) is 5.73 Å². The molecule has 2 amide bonds. The summed E-state index contributed by atoms with van der Waals surface area (Å²) < 4.78 is 0. The smallest absolute Gasteiger partial charge is 0.314 e. The number of carbonyl (C=O) groups excluding carboxylic acids is 1. The van der Waals surface area contributed by atoms with E-state index >= 15 is 0 Å². The summed E-state index contributed by atoms with van der Waals surface area (Å²) in [5, 5.41) is 3.70. The molecule has 0 spiro atoms. The van der Waals surface area contributed by atoms with Crippen LogP contribution in [0, 0.1) is 11.8 Å². The van der Waals surface area contributed by atoms with E-state index in [9.17, 15) is 4.79 Å². The number of nitrogens with one attached hydrogen (secondary N) is 1. The Morgan fingerprint density at radius 1 is 1.22 bits per heavy atom. The number of amides is 2. The van der Waals surface area contributed by atoms with Crippen molar-refractivity contribution in [2.45, 2.75) is 51.5 Å². The lowest BCUT2D eigenvalue weighted by molar-refractivity contribution is 0.178. The Balaban J connectivity index is 1.67. The number of piperidine rings is 1. The average Bonchev–Trinajstić information content (AvgIpc) is 2.38. The number of hydrogen-bond donors (Lipinski definition) is 2. The molecule has 4 heteroatoms. The molecule has 1 saturated carbocycles. The zero-order valence-corrected chi connectivity index (χ0v) is 11.5. The van der Waals surface area contributed by atoms with Gasteiger partial charge in [-0.3, -0.25) is 0 Å². The molecule has 0 aromatic heterocycles. The summed E-state index contributed by atoms with van der Waals surface area (Å²) in [6.45, 7) is 5.17. The van der Waals surface area contributed by atoms with E-state index in [1.165, 1.54) is 25.7 Å². The number of urea groups is 1. The fraction of sp³-hybridized carbons (Fsp3) is 0.929. The fourth-order valence-corrected chi connectivity index (χ4v) is 3.32. The minimum absolute atomic E-state index is 0.269. The molecule has 2 unspecified atom stereocenters. The van der Waals surface area contributed by atoms with Crippen molar-refractivity contribution in [1.82, 2.24) is 10.2 Å². The van der Waals surface area contributed by atoms with Crippen LogP contribution in [0.25, 0.3) is 0 Å². The number of nitrogens with two attached hydrogens (primary N) is 1. The zero-order valence-electron chi connectivity index (χ0n) is 11.5. The highest BCUT2D eigenvalue weighted by molar-refractivity contribution is 5.72. The Hall–Kier alpha value is -0.770. The molecule has 3 N–H and O–H groups in total. The number of carbonyl (C=O) groups is 1. The first-order valence-electron chi connectivity index (χ1n) is 7.44. The molecule has 1 aliphatic heterocycles. The topological polar surface area (TPSA) is 58.4 Å². The van der Waals surface area contributed by atoms with Gasteiger partial charge < -0.3 is 16.0 Å². The Bertz CT molecular complexity index is 274. The minimum Gasteiger partial charge on any atom is -0.351 e. The first kappa shape index (κ1) is 13.7. The van der Waals surface area contributed by atoms with Crippen LogP contribution >= 0.6 is 0 Å². The van der Waals surface area contributed by atoms with Gasteiger partial charge in [0, 0.05) is 19.1 Å². The van der Waals surface area contributed by atoms with Crippen LogP contribution in [-0.2, 0) is 0 Å². The van der Waals surface area contributed by atoms with Crippen LogP contribution < -0.4 is 11.1 Å². The lowest BCUT2D eigenvalue weighted by Crippen LogP contribution is -2.48. The number of nitrogens with zero attached hydrogens (tertiary/aromatic N) is 1. The molecule has 0 bridgehead atoms. The van der Waals surface area contributed by atoms with E-state index in [1.807, 2.05) is 0 Å². The van der Waals surface area contributed by atoms with Gasteiger partial charge in [0.25, 0.3) is 0 Å². The number of rotatable bonds is 3. The molecule has 0 radical (unpaired) electrons. The third kappa shape index (κ3) is 3.61. The molecule has 18 heavy (non-hydrogen) atoms. The van der Waals surface area contributed by atoms with Gasteiger partial charge in [-0.2, -0.15) is 0 Å². The van der Waals surface area contributed by atoms with Crippen LogP contribution in [0.15, 0.2) is 0 Å². The van der Waals surface area contributed by atoms with Crippen molar-refractivity contribution in [2.24, 2.45) is 17.6 Å². The second-order valence-electron chi connectivity index (χ2n) is 6.03. The predicted octanol–water partition coefficient (Wildman–Crippen LogP) is 1.95. The highest BCUT2D eigenvalue weighted by Crippen LogP contribution is 2.29. The van der Waals surface area contributed by atoms with E-state index in [2.05, 4.69) is 12.2 Å². The van der Waals surface area contributed by atoms with Gasteiger partial charge in [-0.05, 0) is 37.6 Å². The second-order valence-corrected chi connectivity index (χ2v) is 6.03. The Labute approximate surface area is 110 Å². The molecule has 4 nitrogen and oxygen atoms in total. The minimum atomic E-state index is -0.269. The van der Waals surface area contributed by atoms with E-state index in [-0.39, 0.29) is 6.03 Å². The van der Waals surface area contributed by atoms with E-state index in [0.717, 1.165) is 44.3 Å². The molecule has 1 aliphatic carbocycles. The summed E-state index contributed by atoms with van der Waals surface area (Å²) in [4.78, 5) is 12.8. The Morgan fingerprint density at radius 3 is 2.50 bits per heavy atom. The third-order valence-electron chi connectivity index (χ3n) is 4.76. The van der Waals surface area contributed by atoms with Gasteiger partial charge in [0.1, 0.15) is 0 Å². The van der Waals surface area contributed by atoms with Gasteiger partial charge >= 0.3 is 6.03 Å². The quantitative estimate of drug-likeness (QED) is 0.807. The van der Waals surface area contributed by atoms with Crippen molar-refractivity contribution in [3.8, 4) is 0 Å².